The van der Waals surface area contributed by atoms with E-state index in [0.29, 0.717) is 5.25 Å². The number of rotatable bonds is 4. The highest BCUT2D eigenvalue weighted by molar-refractivity contribution is 8.06. The third-order valence-electron chi connectivity index (χ3n) is 3.77. The van der Waals surface area contributed by atoms with Gasteiger partial charge in [-0.05, 0) is 16.7 Å². The molecular formula is C17H20N2S2. The SMILES string of the molecule is NNC(c1ccc(-c2ccccc2)cc1)C1CSCCS1. The minimum absolute atomic E-state index is 0.229. The summed E-state index contributed by atoms with van der Waals surface area (Å²) in [6, 6.07) is 19.5. The molecule has 2 unspecified atom stereocenters. The Morgan fingerprint density at radius 2 is 1.67 bits per heavy atom. The average Bonchev–Trinajstić information content (AvgIpc) is 2.58. The van der Waals surface area contributed by atoms with Gasteiger partial charge >= 0.3 is 0 Å². The van der Waals surface area contributed by atoms with Crippen LogP contribution in [0.15, 0.2) is 54.6 Å². The highest BCUT2D eigenvalue weighted by Crippen LogP contribution is 2.33. The van der Waals surface area contributed by atoms with Gasteiger partial charge in [0, 0.05) is 22.5 Å². The van der Waals surface area contributed by atoms with Crippen LogP contribution in [0.4, 0.5) is 0 Å². The molecule has 3 rings (SSSR count). The van der Waals surface area contributed by atoms with Crippen LogP contribution >= 0.6 is 23.5 Å². The van der Waals surface area contributed by atoms with Gasteiger partial charge in [-0.2, -0.15) is 23.5 Å². The van der Waals surface area contributed by atoms with Crippen LogP contribution in [-0.2, 0) is 0 Å². The van der Waals surface area contributed by atoms with E-state index in [9.17, 15) is 0 Å². The summed E-state index contributed by atoms with van der Waals surface area (Å²) >= 11 is 4.05. The Kier molecular flexibility index (Phi) is 5.25. The summed E-state index contributed by atoms with van der Waals surface area (Å²) in [5, 5.41) is 0.552. The maximum absolute atomic E-state index is 5.81. The Bertz CT molecular complexity index is 551. The molecule has 0 amide bonds. The first-order chi connectivity index (χ1) is 10.4. The Labute approximate surface area is 134 Å². The van der Waals surface area contributed by atoms with Crippen LogP contribution in [0.2, 0.25) is 0 Å². The molecule has 21 heavy (non-hydrogen) atoms. The van der Waals surface area contributed by atoms with Crippen molar-refractivity contribution in [1.29, 1.82) is 0 Å². The van der Waals surface area contributed by atoms with E-state index in [1.54, 1.807) is 0 Å². The fourth-order valence-electron chi connectivity index (χ4n) is 2.63. The van der Waals surface area contributed by atoms with Gasteiger partial charge < -0.3 is 0 Å². The average molecular weight is 316 g/mol. The van der Waals surface area contributed by atoms with Crippen molar-refractivity contribution < 1.29 is 0 Å². The van der Waals surface area contributed by atoms with Crippen molar-refractivity contribution in [2.75, 3.05) is 17.3 Å². The van der Waals surface area contributed by atoms with Crippen molar-refractivity contribution in [1.82, 2.24) is 5.43 Å². The maximum Gasteiger partial charge on any atom is 0.0586 e. The molecule has 0 radical (unpaired) electrons. The van der Waals surface area contributed by atoms with Crippen LogP contribution in [0.3, 0.4) is 0 Å². The number of hydrazine groups is 1. The van der Waals surface area contributed by atoms with Crippen LogP contribution in [0.5, 0.6) is 0 Å². The van der Waals surface area contributed by atoms with Crippen LogP contribution in [0.1, 0.15) is 11.6 Å². The second-order valence-corrected chi connectivity index (χ2v) is 7.61. The lowest BCUT2D eigenvalue weighted by molar-refractivity contribution is 0.553. The molecule has 2 aromatic carbocycles. The summed E-state index contributed by atoms with van der Waals surface area (Å²) in [5.74, 6) is 9.45. The fourth-order valence-corrected chi connectivity index (χ4v) is 5.48. The molecule has 1 aliphatic rings. The molecule has 0 aromatic heterocycles. The Morgan fingerprint density at radius 3 is 2.29 bits per heavy atom. The predicted molar refractivity (Wildman–Crippen MR) is 95.5 cm³/mol. The molecule has 1 heterocycles. The minimum atomic E-state index is 0.229. The highest BCUT2D eigenvalue weighted by atomic mass is 32.2. The van der Waals surface area contributed by atoms with Gasteiger partial charge in [-0.25, -0.2) is 0 Å². The summed E-state index contributed by atoms with van der Waals surface area (Å²) in [4.78, 5) is 0. The van der Waals surface area contributed by atoms with Crippen LogP contribution in [-0.4, -0.2) is 22.5 Å². The Hall–Kier alpha value is -0.940. The van der Waals surface area contributed by atoms with Gasteiger partial charge in [0.1, 0.15) is 0 Å². The van der Waals surface area contributed by atoms with Gasteiger partial charge in [-0.1, -0.05) is 54.6 Å². The standard InChI is InChI=1S/C17H20N2S2/c18-19-17(16-12-20-10-11-21-16)15-8-6-14(7-9-15)13-4-2-1-3-5-13/h1-9,16-17,19H,10-12,18H2. The summed E-state index contributed by atoms with van der Waals surface area (Å²) in [6.45, 7) is 0. The van der Waals surface area contributed by atoms with Crippen molar-refractivity contribution in [3.8, 4) is 11.1 Å². The molecule has 110 valence electrons. The van der Waals surface area contributed by atoms with E-state index in [2.05, 4.69) is 54.0 Å². The number of hydrogen-bond donors (Lipinski definition) is 2. The van der Waals surface area contributed by atoms with Gasteiger partial charge in [-0.15, -0.1) is 0 Å². The molecule has 2 aromatic rings. The topological polar surface area (TPSA) is 38.0 Å². The molecule has 1 saturated heterocycles. The van der Waals surface area contributed by atoms with E-state index in [0.717, 1.165) is 0 Å². The monoisotopic (exact) mass is 316 g/mol. The van der Waals surface area contributed by atoms with E-state index in [4.69, 9.17) is 5.84 Å². The zero-order valence-electron chi connectivity index (χ0n) is 11.9. The zero-order valence-corrected chi connectivity index (χ0v) is 13.5. The quantitative estimate of drug-likeness (QED) is 0.666. The third kappa shape index (κ3) is 3.64. The third-order valence-corrected chi connectivity index (χ3v) is 6.63. The molecule has 2 nitrogen and oxygen atoms in total. The lowest BCUT2D eigenvalue weighted by Crippen LogP contribution is -2.37. The van der Waals surface area contributed by atoms with Crippen LogP contribution < -0.4 is 11.3 Å². The van der Waals surface area contributed by atoms with Crippen LogP contribution in [0, 0.1) is 0 Å². The molecule has 1 aliphatic heterocycles. The van der Waals surface area contributed by atoms with Gasteiger partial charge in [-0.3, -0.25) is 11.3 Å². The molecule has 1 fully saturated rings. The lowest BCUT2D eigenvalue weighted by atomic mass is 9.99. The molecule has 0 spiro atoms. The summed E-state index contributed by atoms with van der Waals surface area (Å²) in [7, 11) is 0. The second kappa shape index (κ2) is 7.36. The van der Waals surface area contributed by atoms with E-state index in [1.807, 2.05) is 29.6 Å². The van der Waals surface area contributed by atoms with Gasteiger partial charge in [0.15, 0.2) is 0 Å². The van der Waals surface area contributed by atoms with Crippen molar-refractivity contribution in [2.45, 2.75) is 11.3 Å². The predicted octanol–water partition coefficient (Wildman–Crippen LogP) is 3.71. The van der Waals surface area contributed by atoms with E-state index < -0.39 is 0 Å². The highest BCUT2D eigenvalue weighted by Gasteiger charge is 2.24. The first-order valence-corrected chi connectivity index (χ1v) is 9.39. The maximum atomic E-state index is 5.81. The Morgan fingerprint density at radius 1 is 0.952 bits per heavy atom. The second-order valence-electron chi connectivity index (χ2n) is 5.12. The fraction of sp³-hybridized carbons (Fsp3) is 0.294. The molecule has 0 bridgehead atoms. The summed E-state index contributed by atoms with van der Waals surface area (Å²) in [5.41, 5.74) is 6.79. The molecule has 0 aliphatic carbocycles. The lowest BCUT2D eigenvalue weighted by Gasteiger charge is -2.29. The molecule has 4 heteroatoms. The largest absolute Gasteiger partial charge is 0.271 e. The number of benzene rings is 2. The van der Waals surface area contributed by atoms with Crippen molar-refractivity contribution in [2.24, 2.45) is 5.84 Å². The smallest absolute Gasteiger partial charge is 0.0586 e. The first kappa shape index (κ1) is 15.0. The molecule has 3 N–H and O–H groups in total. The van der Waals surface area contributed by atoms with E-state index in [-0.39, 0.29) is 6.04 Å². The molecule has 2 atom stereocenters. The van der Waals surface area contributed by atoms with E-state index >= 15 is 0 Å². The molecular weight excluding hydrogens is 296 g/mol. The number of thioether (sulfide) groups is 2. The normalized spacial score (nSPS) is 20.1. The van der Waals surface area contributed by atoms with Crippen LogP contribution in [0.25, 0.3) is 11.1 Å². The minimum Gasteiger partial charge on any atom is -0.271 e. The van der Waals surface area contributed by atoms with Gasteiger partial charge in [0.2, 0.25) is 0 Å². The van der Waals surface area contributed by atoms with Gasteiger partial charge in [0.05, 0.1) is 6.04 Å². The number of nitrogens with two attached hydrogens (primary N) is 1. The summed E-state index contributed by atoms with van der Waals surface area (Å²) in [6.07, 6.45) is 0. The Balaban J connectivity index is 1.79. The summed E-state index contributed by atoms with van der Waals surface area (Å²) < 4.78 is 0. The van der Waals surface area contributed by atoms with E-state index in [1.165, 1.54) is 33.9 Å². The van der Waals surface area contributed by atoms with Crippen molar-refractivity contribution >= 4 is 23.5 Å². The van der Waals surface area contributed by atoms with Gasteiger partial charge in [0.25, 0.3) is 0 Å². The first-order valence-electron chi connectivity index (χ1n) is 7.19. The van der Waals surface area contributed by atoms with Crippen molar-refractivity contribution in [3.63, 3.8) is 0 Å². The zero-order chi connectivity index (χ0) is 14.5. The molecule has 0 saturated carbocycles. The van der Waals surface area contributed by atoms with Crippen molar-refractivity contribution in [3.05, 3.63) is 60.2 Å². The number of hydrogen-bond acceptors (Lipinski definition) is 4. The number of nitrogens with one attached hydrogen (secondary N) is 1.